The number of piperidine rings is 1. The molecule has 1 aromatic rings. The van der Waals surface area contributed by atoms with Gasteiger partial charge in [0.05, 0.1) is 11.3 Å². The summed E-state index contributed by atoms with van der Waals surface area (Å²) in [6, 6.07) is 0.00852. The highest BCUT2D eigenvalue weighted by Gasteiger charge is 2.23. The van der Waals surface area contributed by atoms with E-state index < -0.39 is 0 Å². The lowest BCUT2D eigenvalue weighted by Crippen LogP contribution is -2.47. The van der Waals surface area contributed by atoms with Gasteiger partial charge in [0.1, 0.15) is 0 Å². The van der Waals surface area contributed by atoms with Gasteiger partial charge < -0.3 is 10.6 Å². The first-order valence-corrected chi connectivity index (χ1v) is 6.06. The summed E-state index contributed by atoms with van der Waals surface area (Å²) in [5, 5.41) is 9.92. The van der Waals surface area contributed by atoms with Gasteiger partial charge in [-0.05, 0) is 20.3 Å². The molecule has 0 saturated carbocycles. The molecule has 1 unspecified atom stereocenters. The molecule has 0 spiro atoms. The monoisotopic (exact) mass is 250 g/mol. The molecule has 6 heteroatoms. The molecule has 1 fully saturated rings. The van der Waals surface area contributed by atoms with E-state index >= 15 is 0 Å². The van der Waals surface area contributed by atoms with E-state index in [1.807, 2.05) is 20.9 Å². The molecule has 1 aliphatic rings. The van der Waals surface area contributed by atoms with Crippen molar-refractivity contribution in [3.63, 3.8) is 0 Å². The van der Waals surface area contributed by atoms with Gasteiger partial charge in [0, 0.05) is 31.7 Å². The zero-order valence-corrected chi connectivity index (χ0v) is 10.9. The van der Waals surface area contributed by atoms with Gasteiger partial charge >= 0.3 is 0 Å². The van der Waals surface area contributed by atoms with Crippen LogP contribution in [-0.4, -0.2) is 34.2 Å². The highest BCUT2D eigenvalue weighted by Crippen LogP contribution is 2.12. The second-order valence-corrected chi connectivity index (χ2v) is 4.68. The summed E-state index contributed by atoms with van der Waals surface area (Å²) in [7, 11) is 1.82. The van der Waals surface area contributed by atoms with Crippen LogP contribution in [0, 0.1) is 13.8 Å². The molecule has 1 saturated heterocycles. The summed E-state index contributed by atoms with van der Waals surface area (Å²) in [6.45, 7) is 4.20. The van der Waals surface area contributed by atoms with Crippen molar-refractivity contribution in [2.75, 3.05) is 6.54 Å². The number of aromatic nitrogens is 2. The number of nitrogens with zero attached hydrogens (tertiary/aromatic N) is 2. The average molecular weight is 250 g/mol. The van der Waals surface area contributed by atoms with Gasteiger partial charge in [-0.3, -0.25) is 14.3 Å². The Balaban J connectivity index is 2.06. The van der Waals surface area contributed by atoms with Crippen molar-refractivity contribution < 1.29 is 9.59 Å². The Hall–Kier alpha value is -1.85. The molecule has 1 atom stereocenters. The number of carbonyl (C=O) groups is 2. The Labute approximate surface area is 106 Å². The molecule has 98 valence electrons. The fraction of sp³-hybridized carbons (Fsp3) is 0.583. The van der Waals surface area contributed by atoms with E-state index in [2.05, 4.69) is 15.7 Å². The van der Waals surface area contributed by atoms with E-state index in [9.17, 15) is 9.59 Å². The van der Waals surface area contributed by atoms with E-state index in [1.165, 1.54) is 0 Å². The first-order chi connectivity index (χ1) is 8.49. The Morgan fingerprint density at radius 2 is 2.22 bits per heavy atom. The molecule has 2 heterocycles. The number of hydrogen-bond acceptors (Lipinski definition) is 3. The smallest absolute Gasteiger partial charge is 0.255 e. The molecule has 0 radical (unpaired) electrons. The zero-order chi connectivity index (χ0) is 13.3. The van der Waals surface area contributed by atoms with Gasteiger partial charge in [-0.2, -0.15) is 5.10 Å². The molecule has 2 rings (SSSR count). The molecule has 2 N–H and O–H groups in total. The molecule has 18 heavy (non-hydrogen) atoms. The Bertz CT molecular complexity index is 483. The van der Waals surface area contributed by atoms with Gasteiger partial charge in [0.25, 0.3) is 5.91 Å². The highest BCUT2D eigenvalue weighted by molar-refractivity contribution is 5.96. The van der Waals surface area contributed by atoms with Crippen LogP contribution in [0.1, 0.15) is 34.6 Å². The van der Waals surface area contributed by atoms with Crippen LogP contribution >= 0.6 is 0 Å². The lowest BCUT2D eigenvalue weighted by molar-refractivity contribution is -0.122. The fourth-order valence-electron chi connectivity index (χ4n) is 2.22. The third-order valence-electron chi connectivity index (χ3n) is 3.34. The van der Waals surface area contributed by atoms with Crippen LogP contribution < -0.4 is 10.6 Å². The molecule has 0 bridgehead atoms. The molecule has 0 aromatic carbocycles. The Kier molecular flexibility index (Phi) is 3.36. The number of carbonyl (C=O) groups excluding carboxylic acids is 2. The van der Waals surface area contributed by atoms with Crippen molar-refractivity contribution >= 4 is 11.8 Å². The van der Waals surface area contributed by atoms with Gasteiger partial charge in [-0.25, -0.2) is 0 Å². The van der Waals surface area contributed by atoms with Gasteiger partial charge in [-0.1, -0.05) is 0 Å². The minimum atomic E-state index is -0.112. The maximum atomic E-state index is 12.2. The molecule has 2 amide bonds. The van der Waals surface area contributed by atoms with Crippen LogP contribution in [0.3, 0.4) is 0 Å². The van der Waals surface area contributed by atoms with Gasteiger partial charge in [0.15, 0.2) is 0 Å². The normalized spacial score (nSPS) is 19.5. The first kappa shape index (κ1) is 12.6. The third kappa shape index (κ3) is 2.37. The van der Waals surface area contributed by atoms with Crippen LogP contribution in [0.25, 0.3) is 0 Å². The lowest BCUT2D eigenvalue weighted by Gasteiger charge is -2.23. The zero-order valence-electron chi connectivity index (χ0n) is 10.9. The predicted molar refractivity (Wildman–Crippen MR) is 66.2 cm³/mol. The predicted octanol–water partition coefficient (Wildman–Crippen LogP) is 0.0453. The van der Waals surface area contributed by atoms with Crippen molar-refractivity contribution in [3.8, 4) is 0 Å². The van der Waals surface area contributed by atoms with E-state index in [4.69, 9.17) is 0 Å². The van der Waals surface area contributed by atoms with Crippen LogP contribution in [0.2, 0.25) is 0 Å². The summed E-state index contributed by atoms with van der Waals surface area (Å²) < 4.78 is 1.70. The standard InChI is InChI=1S/C12H18N4O2/c1-7-11(8(2)16(3)15-7)12(18)14-9-4-5-10(17)13-6-9/h9H,4-6H2,1-3H3,(H,13,17)(H,14,18). The maximum absolute atomic E-state index is 12.2. The number of amides is 2. The highest BCUT2D eigenvalue weighted by atomic mass is 16.2. The Morgan fingerprint density at radius 1 is 1.50 bits per heavy atom. The van der Waals surface area contributed by atoms with Crippen LogP contribution in [0.5, 0.6) is 0 Å². The maximum Gasteiger partial charge on any atom is 0.255 e. The average Bonchev–Trinajstić information content (AvgIpc) is 2.56. The molecule has 6 nitrogen and oxygen atoms in total. The fourth-order valence-corrected chi connectivity index (χ4v) is 2.22. The van der Waals surface area contributed by atoms with Crippen molar-refractivity contribution in [3.05, 3.63) is 17.0 Å². The summed E-state index contributed by atoms with van der Waals surface area (Å²) in [5.41, 5.74) is 2.21. The SMILES string of the molecule is Cc1nn(C)c(C)c1C(=O)NC1CCC(=O)NC1. The van der Waals surface area contributed by atoms with Crippen LogP contribution in [0.15, 0.2) is 0 Å². The summed E-state index contributed by atoms with van der Waals surface area (Å²) in [4.78, 5) is 23.2. The van der Waals surface area contributed by atoms with Crippen LogP contribution in [-0.2, 0) is 11.8 Å². The number of hydrogen-bond donors (Lipinski definition) is 2. The van der Waals surface area contributed by atoms with Crippen molar-refractivity contribution in [1.29, 1.82) is 0 Å². The van der Waals surface area contributed by atoms with Crippen molar-refractivity contribution in [1.82, 2.24) is 20.4 Å². The molecule has 1 aliphatic heterocycles. The summed E-state index contributed by atoms with van der Waals surface area (Å²) in [5.74, 6) is -0.0616. The van der Waals surface area contributed by atoms with E-state index in [0.29, 0.717) is 24.9 Å². The summed E-state index contributed by atoms with van der Waals surface area (Å²) in [6.07, 6.45) is 1.16. The van der Waals surface area contributed by atoms with Crippen LogP contribution in [0.4, 0.5) is 0 Å². The molecular weight excluding hydrogens is 232 g/mol. The Morgan fingerprint density at radius 3 is 2.72 bits per heavy atom. The third-order valence-corrected chi connectivity index (χ3v) is 3.34. The van der Waals surface area contributed by atoms with E-state index in [0.717, 1.165) is 11.4 Å². The molecule has 0 aliphatic carbocycles. The summed E-state index contributed by atoms with van der Waals surface area (Å²) >= 11 is 0. The first-order valence-electron chi connectivity index (χ1n) is 6.06. The van der Waals surface area contributed by atoms with Crippen molar-refractivity contribution in [2.45, 2.75) is 32.7 Å². The number of nitrogens with one attached hydrogen (secondary N) is 2. The molecular formula is C12H18N4O2. The topological polar surface area (TPSA) is 76.0 Å². The second-order valence-electron chi connectivity index (χ2n) is 4.68. The minimum absolute atomic E-state index is 0.00852. The van der Waals surface area contributed by atoms with Crippen molar-refractivity contribution in [2.24, 2.45) is 7.05 Å². The second kappa shape index (κ2) is 4.80. The van der Waals surface area contributed by atoms with Gasteiger partial charge in [0.2, 0.25) is 5.91 Å². The largest absolute Gasteiger partial charge is 0.354 e. The minimum Gasteiger partial charge on any atom is -0.354 e. The van der Waals surface area contributed by atoms with Gasteiger partial charge in [-0.15, -0.1) is 0 Å². The quantitative estimate of drug-likeness (QED) is 0.778. The lowest BCUT2D eigenvalue weighted by atomic mass is 10.1. The number of rotatable bonds is 2. The molecule has 1 aromatic heterocycles. The van der Waals surface area contributed by atoms with E-state index in [1.54, 1.807) is 4.68 Å². The number of aryl methyl sites for hydroxylation is 2. The van der Waals surface area contributed by atoms with E-state index in [-0.39, 0.29) is 17.9 Å².